The Kier molecular flexibility index (Phi) is 4.56. The Morgan fingerprint density at radius 2 is 1.00 bits per heavy atom. The van der Waals surface area contributed by atoms with Crippen molar-refractivity contribution in [1.29, 1.82) is 0 Å². The van der Waals surface area contributed by atoms with Crippen LogP contribution in [-0.4, -0.2) is 11.8 Å². The second-order valence-corrected chi connectivity index (χ2v) is 6.92. The SMILES string of the molecule is O=C1C(c2ccccc2)=C(c2ccc(Cl)cc2)C(=O)N1c1ccc(Cl)cc1. The molecular weight excluding hydrogens is 381 g/mol. The number of rotatable bonds is 3. The van der Waals surface area contributed by atoms with Crippen LogP contribution in [0.2, 0.25) is 10.0 Å². The largest absolute Gasteiger partial charge is 0.268 e. The van der Waals surface area contributed by atoms with E-state index < -0.39 is 0 Å². The number of hydrogen-bond donors (Lipinski definition) is 0. The molecule has 4 rings (SSSR count). The molecule has 0 radical (unpaired) electrons. The van der Waals surface area contributed by atoms with Gasteiger partial charge in [-0.15, -0.1) is 0 Å². The third kappa shape index (κ3) is 3.16. The third-order valence-corrected chi connectivity index (χ3v) is 4.87. The zero-order valence-electron chi connectivity index (χ0n) is 14.0. The number of nitrogens with zero attached hydrogens (tertiary/aromatic N) is 1. The minimum absolute atomic E-state index is 0.359. The van der Waals surface area contributed by atoms with Gasteiger partial charge in [-0.1, -0.05) is 65.7 Å². The van der Waals surface area contributed by atoms with Gasteiger partial charge in [0, 0.05) is 10.0 Å². The van der Waals surface area contributed by atoms with Crippen LogP contribution < -0.4 is 4.90 Å². The molecule has 3 aromatic rings. The molecule has 0 atom stereocenters. The molecule has 0 N–H and O–H groups in total. The first-order valence-corrected chi connectivity index (χ1v) is 9.02. The second kappa shape index (κ2) is 7.03. The summed E-state index contributed by atoms with van der Waals surface area (Å²) >= 11 is 11.9. The Morgan fingerprint density at radius 1 is 0.556 bits per heavy atom. The van der Waals surface area contributed by atoms with Gasteiger partial charge in [0.05, 0.1) is 16.8 Å². The molecule has 1 heterocycles. The van der Waals surface area contributed by atoms with E-state index in [4.69, 9.17) is 23.2 Å². The number of amides is 2. The Balaban J connectivity index is 1.90. The van der Waals surface area contributed by atoms with E-state index in [0.717, 1.165) is 0 Å². The predicted octanol–water partition coefficient (Wildman–Crippen LogP) is 5.48. The van der Waals surface area contributed by atoms with Crippen molar-refractivity contribution >= 4 is 51.8 Å². The maximum absolute atomic E-state index is 13.3. The molecule has 27 heavy (non-hydrogen) atoms. The van der Waals surface area contributed by atoms with Gasteiger partial charge in [0.2, 0.25) is 0 Å². The number of carbonyl (C=O) groups is 2. The van der Waals surface area contributed by atoms with Crippen LogP contribution in [0.1, 0.15) is 11.1 Å². The van der Waals surface area contributed by atoms with Gasteiger partial charge < -0.3 is 0 Å². The molecule has 3 nitrogen and oxygen atoms in total. The van der Waals surface area contributed by atoms with E-state index in [1.54, 1.807) is 48.5 Å². The van der Waals surface area contributed by atoms with Crippen LogP contribution in [0.15, 0.2) is 78.9 Å². The molecule has 0 aromatic heterocycles. The van der Waals surface area contributed by atoms with Crippen molar-refractivity contribution in [2.45, 2.75) is 0 Å². The Labute approximate surface area is 166 Å². The van der Waals surface area contributed by atoms with E-state index in [-0.39, 0.29) is 11.8 Å². The first-order chi connectivity index (χ1) is 13.1. The van der Waals surface area contributed by atoms with Crippen molar-refractivity contribution in [3.63, 3.8) is 0 Å². The van der Waals surface area contributed by atoms with E-state index in [9.17, 15) is 9.59 Å². The highest BCUT2D eigenvalue weighted by atomic mass is 35.5. The average Bonchev–Trinajstić information content (AvgIpc) is 2.94. The molecule has 2 amide bonds. The number of carbonyl (C=O) groups excluding carboxylic acids is 2. The van der Waals surface area contributed by atoms with Crippen molar-refractivity contribution in [3.05, 3.63) is 100 Å². The fourth-order valence-corrected chi connectivity index (χ4v) is 3.36. The highest BCUT2D eigenvalue weighted by Crippen LogP contribution is 2.38. The number of hydrogen-bond acceptors (Lipinski definition) is 2. The van der Waals surface area contributed by atoms with E-state index >= 15 is 0 Å². The van der Waals surface area contributed by atoms with E-state index in [1.807, 2.05) is 30.3 Å². The summed E-state index contributed by atoms with van der Waals surface area (Å²) < 4.78 is 0. The standard InChI is InChI=1S/C22H13Cl2NO2/c23-16-8-6-15(7-9-16)20-19(14-4-2-1-3-5-14)21(26)25(22(20)27)18-12-10-17(24)11-13-18/h1-13H. The van der Waals surface area contributed by atoms with Gasteiger partial charge in [-0.05, 0) is 47.5 Å². The Hall–Kier alpha value is -2.88. The summed E-state index contributed by atoms with van der Waals surface area (Å²) in [5.41, 5.74) is 2.55. The fraction of sp³-hybridized carbons (Fsp3) is 0. The zero-order chi connectivity index (χ0) is 19.0. The molecule has 0 fully saturated rings. The van der Waals surface area contributed by atoms with E-state index in [2.05, 4.69) is 0 Å². The first kappa shape index (κ1) is 17.5. The monoisotopic (exact) mass is 393 g/mol. The maximum Gasteiger partial charge on any atom is 0.266 e. The summed E-state index contributed by atoms with van der Waals surface area (Å²) in [6.07, 6.45) is 0. The van der Waals surface area contributed by atoms with Gasteiger partial charge in [-0.25, -0.2) is 4.90 Å². The van der Waals surface area contributed by atoms with Crippen LogP contribution in [0.4, 0.5) is 5.69 Å². The molecule has 0 spiro atoms. The lowest BCUT2D eigenvalue weighted by atomic mass is 9.96. The topological polar surface area (TPSA) is 37.4 Å². The summed E-state index contributed by atoms with van der Waals surface area (Å²) in [4.78, 5) is 27.7. The minimum atomic E-state index is -0.372. The van der Waals surface area contributed by atoms with Gasteiger partial charge in [0.15, 0.2) is 0 Å². The van der Waals surface area contributed by atoms with Gasteiger partial charge in [0.25, 0.3) is 11.8 Å². The van der Waals surface area contributed by atoms with Crippen LogP contribution in [0.5, 0.6) is 0 Å². The smallest absolute Gasteiger partial charge is 0.266 e. The molecule has 1 aliphatic rings. The fourth-order valence-electron chi connectivity index (χ4n) is 3.11. The van der Waals surface area contributed by atoms with E-state index in [0.29, 0.717) is 38.0 Å². The molecule has 1 aliphatic heterocycles. The van der Waals surface area contributed by atoms with Crippen LogP contribution in [-0.2, 0) is 9.59 Å². The molecule has 0 bridgehead atoms. The van der Waals surface area contributed by atoms with Crippen molar-refractivity contribution in [2.24, 2.45) is 0 Å². The molecule has 132 valence electrons. The van der Waals surface area contributed by atoms with Crippen LogP contribution in [0.3, 0.4) is 0 Å². The average molecular weight is 394 g/mol. The van der Waals surface area contributed by atoms with E-state index in [1.165, 1.54) is 4.90 Å². The lowest BCUT2D eigenvalue weighted by molar-refractivity contribution is -0.119. The quantitative estimate of drug-likeness (QED) is 0.552. The lowest BCUT2D eigenvalue weighted by Crippen LogP contribution is -2.31. The molecule has 0 aliphatic carbocycles. The molecular formula is C22H13Cl2NO2. The zero-order valence-corrected chi connectivity index (χ0v) is 15.5. The van der Waals surface area contributed by atoms with Gasteiger partial charge in [0.1, 0.15) is 0 Å². The second-order valence-electron chi connectivity index (χ2n) is 6.05. The first-order valence-electron chi connectivity index (χ1n) is 8.26. The van der Waals surface area contributed by atoms with Crippen molar-refractivity contribution in [3.8, 4) is 0 Å². The summed E-state index contributed by atoms with van der Waals surface area (Å²) in [6.45, 7) is 0. The summed E-state index contributed by atoms with van der Waals surface area (Å²) in [7, 11) is 0. The molecule has 3 aromatic carbocycles. The van der Waals surface area contributed by atoms with Crippen molar-refractivity contribution in [1.82, 2.24) is 0 Å². The lowest BCUT2D eigenvalue weighted by Gasteiger charge is -2.15. The molecule has 0 unspecified atom stereocenters. The summed E-state index contributed by atoms with van der Waals surface area (Å²) in [5, 5.41) is 1.10. The van der Waals surface area contributed by atoms with Gasteiger partial charge >= 0.3 is 0 Å². The van der Waals surface area contributed by atoms with Crippen LogP contribution in [0, 0.1) is 0 Å². The highest BCUT2D eigenvalue weighted by Gasteiger charge is 2.40. The summed E-state index contributed by atoms with van der Waals surface area (Å²) in [6, 6.07) is 22.7. The minimum Gasteiger partial charge on any atom is -0.268 e. The van der Waals surface area contributed by atoms with Crippen LogP contribution >= 0.6 is 23.2 Å². The number of benzene rings is 3. The number of anilines is 1. The molecule has 0 saturated carbocycles. The summed E-state index contributed by atoms with van der Waals surface area (Å²) in [5.74, 6) is -0.734. The number of imide groups is 1. The number of halogens is 2. The van der Waals surface area contributed by atoms with Crippen molar-refractivity contribution in [2.75, 3.05) is 4.90 Å². The Morgan fingerprint density at radius 3 is 1.52 bits per heavy atom. The highest BCUT2D eigenvalue weighted by molar-refractivity contribution is 6.57. The Bertz CT molecular complexity index is 1060. The normalized spacial score (nSPS) is 14.2. The molecule has 0 saturated heterocycles. The van der Waals surface area contributed by atoms with Gasteiger partial charge in [-0.3, -0.25) is 9.59 Å². The van der Waals surface area contributed by atoms with Crippen molar-refractivity contribution < 1.29 is 9.59 Å². The predicted molar refractivity (Wildman–Crippen MR) is 109 cm³/mol. The molecule has 5 heteroatoms. The maximum atomic E-state index is 13.3. The third-order valence-electron chi connectivity index (χ3n) is 4.36. The van der Waals surface area contributed by atoms with Gasteiger partial charge in [-0.2, -0.15) is 0 Å². The van der Waals surface area contributed by atoms with Crippen LogP contribution in [0.25, 0.3) is 11.1 Å².